The standard InChI is InChI=1S/C18H34N2O/c1-3-5-6-7-8-9-10-11-12-13-18(21)17-14-15-19-20(17)16-4-2/h14-15,18,21H,3-13,16H2,1-2H3. The first-order valence-corrected chi connectivity index (χ1v) is 8.99. The molecule has 3 nitrogen and oxygen atoms in total. The number of hydrogen-bond donors (Lipinski definition) is 1. The fourth-order valence-electron chi connectivity index (χ4n) is 2.82. The van der Waals surface area contributed by atoms with Crippen molar-refractivity contribution in [3.05, 3.63) is 18.0 Å². The van der Waals surface area contributed by atoms with E-state index in [2.05, 4.69) is 18.9 Å². The van der Waals surface area contributed by atoms with Crippen molar-refractivity contribution in [1.82, 2.24) is 9.78 Å². The van der Waals surface area contributed by atoms with Gasteiger partial charge in [0, 0.05) is 12.7 Å². The van der Waals surface area contributed by atoms with Crippen molar-refractivity contribution in [2.75, 3.05) is 0 Å². The van der Waals surface area contributed by atoms with Gasteiger partial charge >= 0.3 is 0 Å². The molecule has 0 spiro atoms. The Kier molecular flexibility index (Phi) is 10.2. The second-order valence-electron chi connectivity index (χ2n) is 6.11. The van der Waals surface area contributed by atoms with E-state index >= 15 is 0 Å². The van der Waals surface area contributed by atoms with Gasteiger partial charge in [-0.15, -0.1) is 0 Å². The molecule has 0 amide bonds. The van der Waals surface area contributed by atoms with Crippen molar-refractivity contribution in [1.29, 1.82) is 0 Å². The first-order valence-electron chi connectivity index (χ1n) is 8.99. The summed E-state index contributed by atoms with van der Waals surface area (Å²) in [6.45, 7) is 5.30. The summed E-state index contributed by atoms with van der Waals surface area (Å²) in [6, 6.07) is 1.95. The van der Waals surface area contributed by atoms with Crippen molar-refractivity contribution in [3.63, 3.8) is 0 Å². The molecule has 0 aromatic carbocycles. The lowest BCUT2D eigenvalue weighted by Gasteiger charge is -2.12. The van der Waals surface area contributed by atoms with Crippen LogP contribution in [0.4, 0.5) is 0 Å². The fourth-order valence-corrected chi connectivity index (χ4v) is 2.82. The molecule has 1 aromatic heterocycles. The summed E-state index contributed by atoms with van der Waals surface area (Å²) >= 11 is 0. The maximum atomic E-state index is 10.3. The van der Waals surface area contributed by atoms with Crippen molar-refractivity contribution >= 4 is 0 Å². The third-order valence-corrected chi connectivity index (χ3v) is 4.11. The van der Waals surface area contributed by atoms with Gasteiger partial charge < -0.3 is 5.11 Å². The minimum atomic E-state index is -0.344. The molecule has 1 unspecified atom stereocenters. The molecule has 1 aromatic rings. The van der Waals surface area contributed by atoms with Gasteiger partial charge in [-0.1, -0.05) is 71.6 Å². The molecule has 0 bridgehead atoms. The van der Waals surface area contributed by atoms with Gasteiger partial charge in [-0.2, -0.15) is 5.10 Å². The van der Waals surface area contributed by atoms with Gasteiger partial charge in [0.25, 0.3) is 0 Å². The van der Waals surface area contributed by atoms with Crippen LogP contribution in [0.3, 0.4) is 0 Å². The SMILES string of the molecule is CCCCCCCCCCCC(O)c1ccnn1CCC. The smallest absolute Gasteiger partial charge is 0.0956 e. The number of nitrogens with zero attached hydrogens (tertiary/aromatic N) is 2. The van der Waals surface area contributed by atoms with Crippen molar-refractivity contribution in [2.45, 2.75) is 97.1 Å². The van der Waals surface area contributed by atoms with Crippen molar-refractivity contribution < 1.29 is 5.11 Å². The lowest BCUT2D eigenvalue weighted by Crippen LogP contribution is -2.09. The molecule has 0 saturated carbocycles. The van der Waals surface area contributed by atoms with E-state index in [1.54, 1.807) is 6.20 Å². The monoisotopic (exact) mass is 294 g/mol. The second kappa shape index (κ2) is 11.8. The second-order valence-corrected chi connectivity index (χ2v) is 6.11. The van der Waals surface area contributed by atoms with Crippen LogP contribution < -0.4 is 0 Å². The molecule has 0 aliphatic heterocycles. The van der Waals surface area contributed by atoms with E-state index in [0.717, 1.165) is 31.5 Å². The third kappa shape index (κ3) is 7.66. The van der Waals surface area contributed by atoms with E-state index in [-0.39, 0.29) is 6.10 Å². The Morgan fingerprint density at radius 3 is 2.19 bits per heavy atom. The molecule has 1 N–H and O–H groups in total. The van der Waals surface area contributed by atoms with E-state index in [9.17, 15) is 5.11 Å². The zero-order valence-corrected chi connectivity index (χ0v) is 14.1. The zero-order valence-electron chi connectivity index (χ0n) is 14.1. The predicted octanol–water partition coefficient (Wildman–Crippen LogP) is 5.25. The minimum Gasteiger partial charge on any atom is -0.387 e. The van der Waals surface area contributed by atoms with Crippen LogP contribution in [-0.2, 0) is 6.54 Å². The van der Waals surface area contributed by atoms with Gasteiger partial charge in [0.1, 0.15) is 0 Å². The number of aromatic nitrogens is 2. The van der Waals surface area contributed by atoms with Gasteiger partial charge in [0.05, 0.1) is 11.8 Å². The molecule has 1 heterocycles. The highest BCUT2D eigenvalue weighted by Crippen LogP contribution is 2.20. The molecule has 21 heavy (non-hydrogen) atoms. The molecule has 0 aliphatic carbocycles. The summed E-state index contributed by atoms with van der Waals surface area (Å²) in [5.41, 5.74) is 0.983. The van der Waals surface area contributed by atoms with Gasteiger partial charge in [0.2, 0.25) is 0 Å². The molecule has 1 atom stereocenters. The number of aliphatic hydroxyl groups excluding tert-OH is 1. The minimum absolute atomic E-state index is 0.344. The summed E-state index contributed by atoms with van der Waals surface area (Å²) in [5.74, 6) is 0. The molecule has 0 aliphatic rings. The Morgan fingerprint density at radius 2 is 1.57 bits per heavy atom. The van der Waals surface area contributed by atoms with E-state index in [0.29, 0.717) is 0 Å². The summed E-state index contributed by atoms with van der Waals surface area (Å²) in [4.78, 5) is 0. The first kappa shape index (κ1) is 18.2. The lowest BCUT2D eigenvalue weighted by atomic mass is 10.0. The van der Waals surface area contributed by atoms with Crippen molar-refractivity contribution in [3.8, 4) is 0 Å². The van der Waals surface area contributed by atoms with Crippen LogP contribution in [0, 0.1) is 0 Å². The van der Waals surface area contributed by atoms with E-state index in [1.807, 2.05) is 10.7 Å². The summed E-state index contributed by atoms with van der Waals surface area (Å²) in [7, 11) is 0. The molecular formula is C18H34N2O. The highest BCUT2D eigenvalue weighted by molar-refractivity contribution is 5.04. The van der Waals surface area contributed by atoms with Crippen LogP contribution in [0.1, 0.15) is 96.3 Å². The average molecular weight is 294 g/mol. The number of unbranched alkanes of at least 4 members (excludes halogenated alkanes) is 8. The highest BCUT2D eigenvalue weighted by atomic mass is 16.3. The van der Waals surface area contributed by atoms with Gasteiger partial charge in [-0.05, 0) is 18.9 Å². The highest BCUT2D eigenvalue weighted by Gasteiger charge is 2.12. The predicted molar refractivity (Wildman–Crippen MR) is 89.3 cm³/mol. The lowest BCUT2D eigenvalue weighted by molar-refractivity contribution is 0.152. The number of rotatable bonds is 13. The van der Waals surface area contributed by atoms with Crippen molar-refractivity contribution in [2.24, 2.45) is 0 Å². The Bertz CT molecular complexity index is 349. The molecular weight excluding hydrogens is 260 g/mol. The van der Waals surface area contributed by atoms with E-state index < -0.39 is 0 Å². The number of aryl methyl sites for hydroxylation is 1. The van der Waals surface area contributed by atoms with Gasteiger partial charge in [0.15, 0.2) is 0 Å². The zero-order chi connectivity index (χ0) is 15.3. The van der Waals surface area contributed by atoms with E-state index in [4.69, 9.17) is 0 Å². The van der Waals surface area contributed by atoms with Crippen LogP contribution in [0.2, 0.25) is 0 Å². The summed E-state index contributed by atoms with van der Waals surface area (Å²) < 4.78 is 1.94. The van der Waals surface area contributed by atoms with Crippen LogP contribution in [0.5, 0.6) is 0 Å². The Hall–Kier alpha value is -0.830. The molecule has 0 fully saturated rings. The van der Waals surface area contributed by atoms with Gasteiger partial charge in [-0.25, -0.2) is 0 Å². The van der Waals surface area contributed by atoms with Crippen LogP contribution in [0.25, 0.3) is 0 Å². The molecule has 3 heteroatoms. The fraction of sp³-hybridized carbons (Fsp3) is 0.833. The molecule has 122 valence electrons. The number of hydrogen-bond acceptors (Lipinski definition) is 2. The largest absolute Gasteiger partial charge is 0.387 e. The van der Waals surface area contributed by atoms with Crippen LogP contribution >= 0.6 is 0 Å². The Balaban J connectivity index is 2.05. The normalized spacial score (nSPS) is 12.7. The number of aliphatic hydroxyl groups is 1. The quantitative estimate of drug-likeness (QED) is 0.505. The Labute approximate surface area is 130 Å². The third-order valence-electron chi connectivity index (χ3n) is 4.11. The summed E-state index contributed by atoms with van der Waals surface area (Å²) in [5, 5.41) is 14.5. The van der Waals surface area contributed by atoms with E-state index in [1.165, 1.54) is 51.4 Å². The molecule has 0 radical (unpaired) electrons. The van der Waals surface area contributed by atoms with Crippen LogP contribution in [-0.4, -0.2) is 14.9 Å². The molecule has 1 rings (SSSR count). The maximum absolute atomic E-state index is 10.3. The molecule has 0 saturated heterocycles. The van der Waals surface area contributed by atoms with Gasteiger partial charge in [-0.3, -0.25) is 4.68 Å². The van der Waals surface area contributed by atoms with Crippen LogP contribution in [0.15, 0.2) is 12.3 Å². The average Bonchev–Trinajstić information content (AvgIpc) is 2.94. The maximum Gasteiger partial charge on any atom is 0.0956 e. The Morgan fingerprint density at radius 1 is 0.952 bits per heavy atom. The topological polar surface area (TPSA) is 38.1 Å². The summed E-state index contributed by atoms with van der Waals surface area (Å²) in [6.07, 6.45) is 15.3. The first-order chi connectivity index (χ1) is 10.3.